The Kier molecular flexibility index (Phi) is 5.94. The summed E-state index contributed by atoms with van der Waals surface area (Å²) < 4.78 is 40.9. The van der Waals surface area contributed by atoms with Crippen molar-refractivity contribution in [3.8, 4) is 0 Å². The van der Waals surface area contributed by atoms with Crippen molar-refractivity contribution in [2.24, 2.45) is 0 Å². The highest BCUT2D eigenvalue weighted by molar-refractivity contribution is 6.31. The van der Waals surface area contributed by atoms with Crippen molar-refractivity contribution in [1.82, 2.24) is 9.78 Å². The largest absolute Gasteiger partial charge is 0.433 e. The second-order valence-corrected chi connectivity index (χ2v) is 6.26. The number of halogens is 4. The summed E-state index contributed by atoms with van der Waals surface area (Å²) in [6.45, 7) is 6.35. The van der Waals surface area contributed by atoms with E-state index < -0.39 is 35.3 Å². The first kappa shape index (κ1) is 20.5. The lowest BCUT2D eigenvalue weighted by Gasteiger charge is -2.15. The Morgan fingerprint density at radius 2 is 1.81 bits per heavy atom. The number of alkyl halides is 3. The zero-order valence-corrected chi connectivity index (χ0v) is 15.1. The number of anilines is 2. The molecular weight excluding hydrogens is 385 g/mol. The first-order valence-corrected chi connectivity index (χ1v) is 8.10. The maximum atomic E-state index is 13.4. The van der Waals surface area contributed by atoms with Crippen molar-refractivity contribution in [3.05, 3.63) is 53.3 Å². The van der Waals surface area contributed by atoms with Crippen molar-refractivity contribution in [2.75, 3.05) is 10.6 Å². The molecule has 0 saturated carbocycles. The van der Waals surface area contributed by atoms with Crippen molar-refractivity contribution in [3.63, 3.8) is 0 Å². The van der Waals surface area contributed by atoms with Crippen LogP contribution in [-0.4, -0.2) is 21.6 Å². The monoisotopic (exact) mass is 400 g/mol. The molecule has 0 fully saturated rings. The van der Waals surface area contributed by atoms with E-state index in [9.17, 15) is 22.8 Å². The van der Waals surface area contributed by atoms with Crippen LogP contribution in [0, 0.1) is 0 Å². The topological polar surface area (TPSA) is 76.0 Å². The minimum Gasteiger partial charge on any atom is -0.322 e. The summed E-state index contributed by atoms with van der Waals surface area (Å²) in [5.74, 6) is -1.51. The third kappa shape index (κ3) is 4.88. The van der Waals surface area contributed by atoms with Gasteiger partial charge in [-0.25, -0.2) is 0 Å². The van der Waals surface area contributed by atoms with Crippen molar-refractivity contribution >= 4 is 34.8 Å². The Balaban J connectivity index is 2.36. The minimum absolute atomic E-state index is 0.109. The number of nitrogens with one attached hydrogen (secondary N) is 2. The van der Waals surface area contributed by atoms with Gasteiger partial charge in [0.15, 0.2) is 5.69 Å². The molecule has 1 aromatic heterocycles. The quantitative estimate of drug-likeness (QED) is 0.725. The second kappa shape index (κ2) is 7.83. The molecule has 6 nitrogen and oxygen atoms in total. The third-order valence-corrected chi connectivity index (χ3v) is 3.62. The summed E-state index contributed by atoms with van der Waals surface area (Å²) in [6.07, 6.45) is -2.86. The normalized spacial score (nSPS) is 11.4. The van der Waals surface area contributed by atoms with Gasteiger partial charge in [0.05, 0.1) is 11.8 Å². The number of rotatable bonds is 5. The first-order valence-electron chi connectivity index (χ1n) is 7.73. The van der Waals surface area contributed by atoms with E-state index in [0.29, 0.717) is 0 Å². The fraction of sp³-hybridized carbons (Fsp3) is 0.235. The smallest absolute Gasteiger partial charge is 0.322 e. The molecule has 2 rings (SSSR count). The van der Waals surface area contributed by atoms with Crippen LogP contribution in [0.4, 0.5) is 24.5 Å². The van der Waals surface area contributed by atoms with Crippen LogP contribution in [0.25, 0.3) is 0 Å². The van der Waals surface area contributed by atoms with Gasteiger partial charge in [-0.1, -0.05) is 18.2 Å². The van der Waals surface area contributed by atoms with E-state index in [4.69, 9.17) is 11.6 Å². The van der Waals surface area contributed by atoms with Crippen LogP contribution in [-0.2, 0) is 11.0 Å². The Labute approximate surface area is 158 Å². The molecule has 0 aliphatic carbocycles. The lowest BCUT2D eigenvalue weighted by Crippen LogP contribution is -2.22. The van der Waals surface area contributed by atoms with E-state index in [0.717, 1.165) is 17.0 Å². The van der Waals surface area contributed by atoms with E-state index in [1.54, 1.807) is 0 Å². The number of benzene rings is 1. The van der Waals surface area contributed by atoms with E-state index >= 15 is 0 Å². The maximum Gasteiger partial charge on any atom is 0.433 e. The lowest BCUT2D eigenvalue weighted by molar-refractivity contribution is -0.145. The highest BCUT2D eigenvalue weighted by Gasteiger charge is 2.40. The molecule has 0 aliphatic heterocycles. The number of carbonyl (C=O) groups is 2. The number of amides is 2. The van der Waals surface area contributed by atoms with E-state index in [1.807, 2.05) is 0 Å². The van der Waals surface area contributed by atoms with Gasteiger partial charge in [-0.2, -0.15) is 18.3 Å². The van der Waals surface area contributed by atoms with E-state index in [1.165, 1.54) is 32.0 Å². The highest BCUT2D eigenvalue weighted by atomic mass is 35.5. The van der Waals surface area contributed by atoms with Gasteiger partial charge < -0.3 is 10.6 Å². The van der Waals surface area contributed by atoms with Gasteiger partial charge in [0, 0.05) is 22.4 Å². The van der Waals surface area contributed by atoms with Gasteiger partial charge in [-0.05, 0) is 38.1 Å². The van der Waals surface area contributed by atoms with Gasteiger partial charge >= 0.3 is 6.18 Å². The van der Waals surface area contributed by atoms with Crippen LogP contribution < -0.4 is 10.6 Å². The summed E-state index contributed by atoms with van der Waals surface area (Å²) in [6, 6.07) is 3.51. The molecule has 27 heavy (non-hydrogen) atoms. The fourth-order valence-corrected chi connectivity index (χ4v) is 2.56. The van der Waals surface area contributed by atoms with Crippen LogP contribution in [0.3, 0.4) is 0 Å². The Bertz CT molecular complexity index is 891. The summed E-state index contributed by atoms with van der Waals surface area (Å²) >= 11 is 5.93. The Morgan fingerprint density at radius 3 is 2.33 bits per heavy atom. The molecule has 0 unspecified atom stereocenters. The molecule has 0 atom stereocenters. The SMILES string of the molecule is C=CC(=O)Nc1cc(Cl)cc(NC(=O)c2cnn(C(C)C)c2C(F)(F)F)c1. The molecule has 0 saturated heterocycles. The molecule has 10 heteroatoms. The molecule has 0 aliphatic rings. The average molecular weight is 401 g/mol. The minimum atomic E-state index is -4.76. The summed E-state index contributed by atoms with van der Waals surface area (Å²) in [5, 5.41) is 8.63. The van der Waals surface area contributed by atoms with Crippen LogP contribution in [0.5, 0.6) is 0 Å². The van der Waals surface area contributed by atoms with Gasteiger partial charge in [-0.15, -0.1) is 0 Å². The van der Waals surface area contributed by atoms with Gasteiger partial charge in [0.1, 0.15) is 0 Å². The number of carbonyl (C=O) groups excluding carboxylic acids is 2. The Hall–Kier alpha value is -2.81. The second-order valence-electron chi connectivity index (χ2n) is 5.82. The van der Waals surface area contributed by atoms with Crippen molar-refractivity contribution in [2.45, 2.75) is 26.1 Å². The zero-order valence-electron chi connectivity index (χ0n) is 14.4. The first-order chi connectivity index (χ1) is 12.5. The van der Waals surface area contributed by atoms with E-state index in [2.05, 4.69) is 22.3 Å². The summed E-state index contributed by atoms with van der Waals surface area (Å²) in [4.78, 5) is 23.8. The van der Waals surface area contributed by atoms with Crippen LogP contribution in [0.1, 0.15) is 35.9 Å². The molecule has 2 N–H and O–H groups in total. The zero-order chi connectivity index (χ0) is 20.4. The number of nitrogens with zero attached hydrogens (tertiary/aromatic N) is 2. The van der Waals surface area contributed by atoms with Gasteiger partial charge in [-0.3, -0.25) is 14.3 Å². The molecule has 0 spiro atoms. The Morgan fingerprint density at radius 1 is 1.22 bits per heavy atom. The van der Waals surface area contributed by atoms with E-state index in [-0.39, 0.29) is 16.4 Å². The van der Waals surface area contributed by atoms with Crippen molar-refractivity contribution in [1.29, 1.82) is 0 Å². The molecule has 0 radical (unpaired) electrons. The summed E-state index contributed by atoms with van der Waals surface area (Å²) in [7, 11) is 0. The highest BCUT2D eigenvalue weighted by Crippen LogP contribution is 2.34. The van der Waals surface area contributed by atoms with Crippen molar-refractivity contribution < 1.29 is 22.8 Å². The average Bonchev–Trinajstić information content (AvgIpc) is 2.99. The molecule has 1 heterocycles. The molecular formula is C17H16ClF3N4O2. The molecule has 2 aromatic rings. The predicted molar refractivity (Wildman–Crippen MR) is 95.8 cm³/mol. The lowest BCUT2D eigenvalue weighted by atomic mass is 10.2. The fourth-order valence-electron chi connectivity index (χ4n) is 2.33. The van der Waals surface area contributed by atoms with Gasteiger partial charge in [0.25, 0.3) is 5.91 Å². The van der Waals surface area contributed by atoms with Crippen LogP contribution in [0.2, 0.25) is 5.02 Å². The summed E-state index contributed by atoms with van der Waals surface area (Å²) in [5.41, 5.74) is -1.40. The molecule has 144 valence electrons. The van der Waals surface area contributed by atoms with Crippen LogP contribution in [0.15, 0.2) is 37.1 Å². The van der Waals surface area contributed by atoms with Gasteiger partial charge in [0.2, 0.25) is 5.91 Å². The standard InChI is InChI=1S/C17H16ClF3N4O2/c1-4-14(26)23-11-5-10(18)6-12(7-11)24-16(27)13-8-22-25(9(2)3)15(13)17(19,20)21/h4-9H,1H2,2-3H3,(H,23,26)(H,24,27). The number of aromatic nitrogens is 2. The molecule has 2 amide bonds. The molecule has 0 bridgehead atoms. The number of hydrogen-bond donors (Lipinski definition) is 2. The number of hydrogen-bond acceptors (Lipinski definition) is 3. The third-order valence-electron chi connectivity index (χ3n) is 3.41. The molecule has 1 aromatic carbocycles. The predicted octanol–water partition coefficient (Wildman–Crippen LogP) is 4.51. The maximum absolute atomic E-state index is 13.4. The van der Waals surface area contributed by atoms with Crippen LogP contribution >= 0.6 is 11.6 Å².